The summed E-state index contributed by atoms with van der Waals surface area (Å²) in [6, 6.07) is 6.44. The van der Waals surface area contributed by atoms with Crippen LogP contribution in [0.4, 0.5) is 5.69 Å². The molecule has 116 valence electrons. The maximum Gasteiger partial charge on any atom is 0.248 e. The number of anilines is 1. The van der Waals surface area contributed by atoms with Crippen LogP contribution in [0.25, 0.3) is 0 Å². The van der Waals surface area contributed by atoms with E-state index in [9.17, 15) is 4.79 Å². The number of nitrogens with zero attached hydrogens (tertiary/aromatic N) is 1. The van der Waals surface area contributed by atoms with Gasteiger partial charge in [0.15, 0.2) is 0 Å². The normalized spacial score (nSPS) is 22.0. The molecule has 0 heterocycles. The third kappa shape index (κ3) is 3.38. The Hall–Kier alpha value is -1.55. The molecule has 4 nitrogen and oxygen atoms in total. The van der Waals surface area contributed by atoms with Crippen LogP contribution in [-0.4, -0.2) is 25.0 Å². The summed E-state index contributed by atoms with van der Waals surface area (Å²) in [5, 5.41) is 0. The maximum atomic E-state index is 11.4. The number of carbonyl (C=O) groups excluding carboxylic acids is 1. The highest BCUT2D eigenvalue weighted by molar-refractivity contribution is 5.94. The Kier molecular flexibility index (Phi) is 5.23. The van der Waals surface area contributed by atoms with Crippen molar-refractivity contribution in [3.05, 3.63) is 29.3 Å². The Morgan fingerprint density at radius 1 is 1.33 bits per heavy atom. The van der Waals surface area contributed by atoms with E-state index in [1.165, 1.54) is 31.4 Å². The molecule has 1 aliphatic carbocycles. The summed E-state index contributed by atoms with van der Waals surface area (Å²) in [4.78, 5) is 13.8. The second-order valence-electron chi connectivity index (χ2n) is 6.00. The average Bonchev–Trinajstić information content (AvgIpc) is 2.48. The number of benzene rings is 1. The number of aryl methyl sites for hydroxylation is 1. The lowest BCUT2D eigenvalue weighted by molar-refractivity contribution is 0.0999. The van der Waals surface area contributed by atoms with Crippen molar-refractivity contribution in [1.82, 2.24) is 0 Å². The lowest BCUT2D eigenvalue weighted by atomic mass is 9.83. The first-order chi connectivity index (χ1) is 10.1. The molecule has 0 aromatic heterocycles. The van der Waals surface area contributed by atoms with Crippen molar-refractivity contribution in [3.8, 4) is 0 Å². The highest BCUT2D eigenvalue weighted by atomic mass is 16.1. The smallest absolute Gasteiger partial charge is 0.248 e. The Labute approximate surface area is 127 Å². The molecule has 0 bridgehead atoms. The minimum Gasteiger partial charge on any atom is -0.368 e. The van der Waals surface area contributed by atoms with Crippen LogP contribution in [0.2, 0.25) is 0 Å². The molecule has 1 aromatic rings. The van der Waals surface area contributed by atoms with Gasteiger partial charge in [0.2, 0.25) is 5.91 Å². The number of hydrogen-bond acceptors (Lipinski definition) is 3. The van der Waals surface area contributed by atoms with Crippen LogP contribution >= 0.6 is 0 Å². The number of hydrogen-bond donors (Lipinski definition) is 2. The van der Waals surface area contributed by atoms with Crippen molar-refractivity contribution in [2.24, 2.45) is 17.4 Å². The second-order valence-corrected chi connectivity index (χ2v) is 6.00. The fourth-order valence-electron chi connectivity index (χ4n) is 3.58. The summed E-state index contributed by atoms with van der Waals surface area (Å²) in [5.41, 5.74) is 14.1. The molecule has 0 radical (unpaired) electrons. The number of rotatable bonds is 5. The number of nitrogens with two attached hydrogens (primary N) is 2. The van der Waals surface area contributed by atoms with E-state index >= 15 is 0 Å². The summed E-state index contributed by atoms with van der Waals surface area (Å²) in [6.07, 6.45) is 4.98. The van der Waals surface area contributed by atoms with E-state index in [0.717, 1.165) is 18.7 Å². The molecule has 4 N–H and O–H groups in total. The zero-order chi connectivity index (χ0) is 15.4. The van der Waals surface area contributed by atoms with Gasteiger partial charge in [-0.2, -0.15) is 0 Å². The van der Waals surface area contributed by atoms with Crippen molar-refractivity contribution in [1.29, 1.82) is 0 Å². The van der Waals surface area contributed by atoms with Crippen molar-refractivity contribution < 1.29 is 4.79 Å². The molecular formula is C17H27N3O. The Balaban J connectivity index is 2.28. The van der Waals surface area contributed by atoms with Gasteiger partial charge in [-0.1, -0.05) is 12.8 Å². The van der Waals surface area contributed by atoms with E-state index < -0.39 is 0 Å². The van der Waals surface area contributed by atoms with Gasteiger partial charge in [0.25, 0.3) is 0 Å². The van der Waals surface area contributed by atoms with Gasteiger partial charge in [0.05, 0.1) is 0 Å². The summed E-state index contributed by atoms with van der Waals surface area (Å²) >= 11 is 0. The van der Waals surface area contributed by atoms with Crippen LogP contribution in [-0.2, 0) is 0 Å². The summed E-state index contributed by atoms with van der Waals surface area (Å²) in [7, 11) is 0. The molecule has 0 aliphatic heterocycles. The zero-order valence-electron chi connectivity index (χ0n) is 13.1. The molecule has 0 saturated heterocycles. The standard InChI is InChI=1S/C17H27N3O/c1-3-20(16-7-5-4-6-13(16)11-18)14-8-9-15(17(19)21)12(2)10-14/h8-10,13,16H,3-7,11,18H2,1-2H3,(H2,19,21). The third-order valence-electron chi connectivity index (χ3n) is 4.72. The molecule has 1 amide bonds. The molecule has 2 rings (SSSR count). The van der Waals surface area contributed by atoms with Crippen molar-refractivity contribution >= 4 is 11.6 Å². The van der Waals surface area contributed by atoms with E-state index in [1.54, 1.807) is 0 Å². The van der Waals surface area contributed by atoms with Crippen LogP contribution in [0.1, 0.15) is 48.5 Å². The predicted octanol–water partition coefficient (Wildman–Crippen LogP) is 2.44. The van der Waals surface area contributed by atoms with Gasteiger partial charge in [-0.15, -0.1) is 0 Å². The van der Waals surface area contributed by atoms with Gasteiger partial charge in [0.1, 0.15) is 0 Å². The quantitative estimate of drug-likeness (QED) is 0.874. The molecule has 1 saturated carbocycles. The molecule has 0 spiro atoms. The maximum absolute atomic E-state index is 11.4. The second kappa shape index (κ2) is 6.94. The first kappa shape index (κ1) is 15.8. The van der Waals surface area contributed by atoms with Gasteiger partial charge < -0.3 is 16.4 Å². The van der Waals surface area contributed by atoms with Gasteiger partial charge in [-0.05, 0) is 62.9 Å². The molecule has 2 atom stereocenters. The van der Waals surface area contributed by atoms with Crippen LogP contribution < -0.4 is 16.4 Å². The monoisotopic (exact) mass is 289 g/mol. The van der Waals surface area contributed by atoms with E-state index in [4.69, 9.17) is 11.5 Å². The Morgan fingerprint density at radius 3 is 2.62 bits per heavy atom. The molecule has 1 fully saturated rings. The van der Waals surface area contributed by atoms with Gasteiger partial charge >= 0.3 is 0 Å². The topological polar surface area (TPSA) is 72.3 Å². The lowest BCUT2D eigenvalue weighted by Gasteiger charge is -2.41. The zero-order valence-corrected chi connectivity index (χ0v) is 13.1. The number of amides is 1. The van der Waals surface area contributed by atoms with E-state index in [0.29, 0.717) is 17.5 Å². The first-order valence-electron chi connectivity index (χ1n) is 7.95. The van der Waals surface area contributed by atoms with Gasteiger partial charge in [-0.3, -0.25) is 4.79 Å². The van der Waals surface area contributed by atoms with Crippen LogP contribution in [0, 0.1) is 12.8 Å². The summed E-state index contributed by atoms with van der Waals surface area (Å²) < 4.78 is 0. The molecule has 4 heteroatoms. The summed E-state index contributed by atoms with van der Waals surface area (Å²) in [5.74, 6) is 0.203. The Morgan fingerprint density at radius 2 is 2.05 bits per heavy atom. The fourth-order valence-corrected chi connectivity index (χ4v) is 3.58. The van der Waals surface area contributed by atoms with Crippen molar-refractivity contribution in [3.63, 3.8) is 0 Å². The minimum absolute atomic E-state index is 0.361. The van der Waals surface area contributed by atoms with Crippen LogP contribution in [0.15, 0.2) is 18.2 Å². The summed E-state index contributed by atoms with van der Waals surface area (Å²) in [6.45, 7) is 5.83. The molecule has 21 heavy (non-hydrogen) atoms. The number of primary amides is 1. The van der Waals surface area contributed by atoms with E-state index in [2.05, 4.69) is 17.9 Å². The first-order valence-corrected chi connectivity index (χ1v) is 7.95. The fraction of sp³-hybridized carbons (Fsp3) is 0.588. The van der Waals surface area contributed by atoms with Gasteiger partial charge in [-0.25, -0.2) is 0 Å². The van der Waals surface area contributed by atoms with Crippen LogP contribution in [0.5, 0.6) is 0 Å². The Bertz CT molecular complexity index is 501. The largest absolute Gasteiger partial charge is 0.368 e. The third-order valence-corrected chi connectivity index (χ3v) is 4.72. The molecular weight excluding hydrogens is 262 g/mol. The predicted molar refractivity (Wildman–Crippen MR) is 87.5 cm³/mol. The highest BCUT2D eigenvalue weighted by Crippen LogP contribution is 2.31. The minimum atomic E-state index is -0.361. The SMILES string of the molecule is CCN(c1ccc(C(N)=O)c(C)c1)C1CCCCC1CN. The number of carbonyl (C=O) groups is 1. The van der Waals surface area contributed by atoms with E-state index in [1.807, 2.05) is 19.1 Å². The molecule has 1 aliphatic rings. The molecule has 2 unspecified atom stereocenters. The van der Waals surface area contributed by atoms with Crippen molar-refractivity contribution in [2.75, 3.05) is 18.0 Å². The van der Waals surface area contributed by atoms with Crippen LogP contribution in [0.3, 0.4) is 0 Å². The van der Waals surface area contributed by atoms with Gasteiger partial charge in [0, 0.05) is 23.8 Å². The molecule has 1 aromatic carbocycles. The van der Waals surface area contributed by atoms with E-state index in [-0.39, 0.29) is 5.91 Å². The average molecular weight is 289 g/mol. The lowest BCUT2D eigenvalue weighted by Crippen LogP contribution is -2.45. The highest BCUT2D eigenvalue weighted by Gasteiger charge is 2.28. The van der Waals surface area contributed by atoms with Crippen molar-refractivity contribution in [2.45, 2.75) is 45.6 Å².